The summed E-state index contributed by atoms with van der Waals surface area (Å²) in [6.45, 7) is 6.53. The number of para-hydroxylation sites is 1. The largest absolute Gasteiger partial charge is 0.493 e. The molecule has 0 atom stereocenters. The molecule has 15 heavy (non-hydrogen) atoms. The number of ketones is 1. The number of Topliss-reactive ketones (excluding diaryl/α,β-unsaturated/α-hetero) is 1. The van der Waals surface area contributed by atoms with E-state index < -0.39 is 0 Å². The molecule has 0 bridgehead atoms. The van der Waals surface area contributed by atoms with Gasteiger partial charge in [-0.05, 0) is 31.4 Å². The summed E-state index contributed by atoms with van der Waals surface area (Å²) in [7, 11) is 0. The Morgan fingerprint density at radius 1 is 1.33 bits per heavy atom. The van der Waals surface area contributed by atoms with Crippen molar-refractivity contribution in [2.75, 3.05) is 6.61 Å². The van der Waals surface area contributed by atoms with Crippen LogP contribution in [0.15, 0.2) is 24.3 Å². The van der Waals surface area contributed by atoms with Gasteiger partial charge in [0, 0.05) is 0 Å². The molecule has 0 aliphatic carbocycles. The first kappa shape index (κ1) is 11.8. The minimum Gasteiger partial charge on any atom is -0.493 e. The Kier molecular flexibility index (Phi) is 4.35. The average Bonchev–Trinajstić information content (AvgIpc) is 2.17. The van der Waals surface area contributed by atoms with Crippen LogP contribution in [0, 0.1) is 5.92 Å². The molecule has 0 heterocycles. The fraction of sp³-hybridized carbons (Fsp3) is 0.462. The second-order valence-corrected chi connectivity index (χ2v) is 4.08. The highest BCUT2D eigenvalue weighted by Crippen LogP contribution is 2.18. The van der Waals surface area contributed by atoms with Crippen LogP contribution in [-0.4, -0.2) is 12.4 Å². The van der Waals surface area contributed by atoms with Crippen LogP contribution < -0.4 is 4.74 Å². The van der Waals surface area contributed by atoms with E-state index in [1.165, 1.54) is 0 Å². The lowest BCUT2D eigenvalue weighted by Gasteiger charge is -2.10. The molecule has 0 amide bonds. The number of ether oxygens (including phenoxy) is 1. The Labute approximate surface area is 91.3 Å². The molecule has 0 saturated carbocycles. The molecule has 0 spiro atoms. The quantitative estimate of drug-likeness (QED) is 0.691. The van der Waals surface area contributed by atoms with Gasteiger partial charge in [-0.15, -0.1) is 0 Å². The molecule has 0 unspecified atom stereocenters. The van der Waals surface area contributed by atoms with Crippen molar-refractivity contribution in [1.29, 1.82) is 0 Å². The van der Waals surface area contributed by atoms with E-state index >= 15 is 0 Å². The highest BCUT2D eigenvalue weighted by atomic mass is 16.5. The maximum atomic E-state index is 11.3. The van der Waals surface area contributed by atoms with Gasteiger partial charge in [-0.1, -0.05) is 26.0 Å². The fourth-order valence-electron chi connectivity index (χ4n) is 1.29. The molecule has 0 fully saturated rings. The molecule has 0 aromatic heterocycles. The maximum absolute atomic E-state index is 11.3. The van der Waals surface area contributed by atoms with Crippen LogP contribution in [0.4, 0.5) is 0 Å². The molecule has 0 aliphatic heterocycles. The third-order valence-electron chi connectivity index (χ3n) is 2.22. The van der Waals surface area contributed by atoms with E-state index in [1.807, 2.05) is 18.2 Å². The molecular formula is C13H18O2. The summed E-state index contributed by atoms with van der Waals surface area (Å²) in [5.41, 5.74) is 0.668. The van der Waals surface area contributed by atoms with E-state index in [1.54, 1.807) is 13.0 Å². The normalized spacial score (nSPS) is 10.4. The fourth-order valence-corrected chi connectivity index (χ4v) is 1.29. The van der Waals surface area contributed by atoms with Crippen molar-refractivity contribution >= 4 is 5.78 Å². The molecule has 0 aliphatic rings. The minimum absolute atomic E-state index is 0.0511. The summed E-state index contributed by atoms with van der Waals surface area (Å²) < 4.78 is 5.59. The van der Waals surface area contributed by atoms with Crippen molar-refractivity contribution < 1.29 is 9.53 Å². The highest BCUT2D eigenvalue weighted by Gasteiger charge is 2.06. The van der Waals surface area contributed by atoms with E-state index in [4.69, 9.17) is 4.74 Å². The van der Waals surface area contributed by atoms with Crippen molar-refractivity contribution in [3.8, 4) is 5.75 Å². The molecule has 82 valence electrons. The predicted molar refractivity (Wildman–Crippen MR) is 61.4 cm³/mol. The molecule has 2 nitrogen and oxygen atoms in total. The number of carbonyl (C=O) groups excluding carboxylic acids is 1. The van der Waals surface area contributed by atoms with Gasteiger partial charge in [0.2, 0.25) is 0 Å². The minimum atomic E-state index is 0.0511. The van der Waals surface area contributed by atoms with Gasteiger partial charge in [-0.3, -0.25) is 4.79 Å². The van der Waals surface area contributed by atoms with E-state index in [0.29, 0.717) is 23.8 Å². The zero-order valence-electron chi connectivity index (χ0n) is 9.62. The van der Waals surface area contributed by atoms with Gasteiger partial charge in [0.25, 0.3) is 0 Å². The Bertz CT molecular complexity index is 329. The SMILES string of the molecule is CC(=O)c1ccccc1OCCC(C)C. The predicted octanol–water partition coefficient (Wildman–Crippen LogP) is 3.31. The zero-order valence-corrected chi connectivity index (χ0v) is 9.62. The van der Waals surface area contributed by atoms with Crippen LogP contribution in [0.2, 0.25) is 0 Å². The maximum Gasteiger partial charge on any atom is 0.163 e. The van der Waals surface area contributed by atoms with Crippen LogP contribution in [-0.2, 0) is 0 Å². The van der Waals surface area contributed by atoms with Gasteiger partial charge in [0.1, 0.15) is 5.75 Å². The average molecular weight is 206 g/mol. The number of hydrogen-bond donors (Lipinski definition) is 0. The molecule has 0 N–H and O–H groups in total. The first-order valence-electron chi connectivity index (χ1n) is 5.34. The lowest BCUT2D eigenvalue weighted by Crippen LogP contribution is -2.04. The van der Waals surface area contributed by atoms with E-state index in [2.05, 4.69) is 13.8 Å². The number of rotatable bonds is 5. The van der Waals surface area contributed by atoms with Gasteiger partial charge in [0.15, 0.2) is 5.78 Å². The van der Waals surface area contributed by atoms with Crippen LogP contribution in [0.1, 0.15) is 37.6 Å². The van der Waals surface area contributed by atoms with Crippen molar-refractivity contribution in [3.63, 3.8) is 0 Å². The Hall–Kier alpha value is -1.31. The summed E-state index contributed by atoms with van der Waals surface area (Å²) >= 11 is 0. The third-order valence-corrected chi connectivity index (χ3v) is 2.22. The van der Waals surface area contributed by atoms with Gasteiger partial charge in [0.05, 0.1) is 12.2 Å². The van der Waals surface area contributed by atoms with Crippen LogP contribution >= 0.6 is 0 Å². The highest BCUT2D eigenvalue weighted by molar-refractivity contribution is 5.96. The molecule has 0 saturated heterocycles. The number of hydrogen-bond acceptors (Lipinski definition) is 2. The first-order chi connectivity index (χ1) is 7.11. The number of benzene rings is 1. The Balaban J connectivity index is 2.63. The smallest absolute Gasteiger partial charge is 0.163 e. The molecule has 1 rings (SSSR count). The van der Waals surface area contributed by atoms with Gasteiger partial charge >= 0.3 is 0 Å². The topological polar surface area (TPSA) is 26.3 Å². The summed E-state index contributed by atoms with van der Waals surface area (Å²) in [5, 5.41) is 0. The van der Waals surface area contributed by atoms with Gasteiger partial charge in [-0.2, -0.15) is 0 Å². The Morgan fingerprint density at radius 2 is 2.00 bits per heavy atom. The van der Waals surface area contributed by atoms with E-state index in [9.17, 15) is 4.79 Å². The monoisotopic (exact) mass is 206 g/mol. The van der Waals surface area contributed by atoms with E-state index in [0.717, 1.165) is 6.42 Å². The molecule has 1 aromatic carbocycles. The van der Waals surface area contributed by atoms with Crippen LogP contribution in [0.25, 0.3) is 0 Å². The summed E-state index contributed by atoms with van der Waals surface area (Å²) in [4.78, 5) is 11.3. The van der Waals surface area contributed by atoms with E-state index in [-0.39, 0.29) is 5.78 Å². The Morgan fingerprint density at radius 3 is 2.60 bits per heavy atom. The first-order valence-corrected chi connectivity index (χ1v) is 5.34. The summed E-state index contributed by atoms with van der Waals surface area (Å²) in [6.07, 6.45) is 1.01. The molecular weight excluding hydrogens is 188 g/mol. The molecule has 1 aromatic rings. The standard InChI is InChI=1S/C13H18O2/c1-10(2)8-9-15-13-7-5-4-6-12(13)11(3)14/h4-7,10H,8-9H2,1-3H3. The molecule has 0 radical (unpaired) electrons. The summed E-state index contributed by atoms with van der Waals surface area (Å²) in [5.74, 6) is 1.37. The summed E-state index contributed by atoms with van der Waals surface area (Å²) in [6, 6.07) is 7.38. The zero-order chi connectivity index (χ0) is 11.3. The lowest BCUT2D eigenvalue weighted by atomic mass is 10.1. The van der Waals surface area contributed by atoms with Crippen molar-refractivity contribution in [2.45, 2.75) is 27.2 Å². The van der Waals surface area contributed by atoms with Crippen molar-refractivity contribution in [3.05, 3.63) is 29.8 Å². The van der Waals surface area contributed by atoms with Crippen LogP contribution in [0.3, 0.4) is 0 Å². The lowest BCUT2D eigenvalue weighted by molar-refractivity contribution is 0.101. The number of carbonyl (C=O) groups is 1. The molecule has 2 heteroatoms. The van der Waals surface area contributed by atoms with Gasteiger partial charge < -0.3 is 4.74 Å². The third kappa shape index (κ3) is 3.74. The second kappa shape index (κ2) is 5.54. The second-order valence-electron chi connectivity index (χ2n) is 4.08. The van der Waals surface area contributed by atoms with Crippen molar-refractivity contribution in [2.24, 2.45) is 5.92 Å². The van der Waals surface area contributed by atoms with Gasteiger partial charge in [-0.25, -0.2) is 0 Å². The van der Waals surface area contributed by atoms with Crippen molar-refractivity contribution in [1.82, 2.24) is 0 Å². The van der Waals surface area contributed by atoms with Crippen LogP contribution in [0.5, 0.6) is 5.75 Å².